The van der Waals surface area contributed by atoms with Crippen molar-refractivity contribution in [3.05, 3.63) is 34.9 Å². The molecule has 0 aliphatic heterocycles. The van der Waals surface area contributed by atoms with Crippen LogP contribution in [0.3, 0.4) is 0 Å². The Bertz CT molecular complexity index is 423. The van der Waals surface area contributed by atoms with E-state index in [0.29, 0.717) is 6.42 Å². The molecule has 1 atom stereocenters. The number of aliphatic hydroxyl groups excluding tert-OH is 1. The molecule has 1 aromatic rings. The Morgan fingerprint density at radius 1 is 1.33 bits per heavy atom. The lowest BCUT2D eigenvalue weighted by molar-refractivity contribution is 0.0855. The summed E-state index contributed by atoms with van der Waals surface area (Å²) in [7, 11) is 0. The molecule has 0 aromatic heterocycles. The summed E-state index contributed by atoms with van der Waals surface area (Å²) in [4.78, 5) is 12.2. The first-order valence-electron chi connectivity index (χ1n) is 6.57. The van der Waals surface area contributed by atoms with Crippen LogP contribution in [-0.4, -0.2) is 17.5 Å². The number of Topliss-reactive ketones (excluding diaryl/α,β-unsaturated/α-hetero) is 1. The second-order valence-electron chi connectivity index (χ2n) is 5.93. The van der Waals surface area contributed by atoms with Gasteiger partial charge in [0.2, 0.25) is 0 Å². The maximum Gasteiger partial charge on any atom is 0.168 e. The molecule has 18 heavy (non-hydrogen) atoms. The summed E-state index contributed by atoms with van der Waals surface area (Å²) >= 11 is 0. The smallest absolute Gasteiger partial charge is 0.168 e. The molecule has 2 heteroatoms. The molecule has 0 aliphatic carbocycles. The summed E-state index contributed by atoms with van der Waals surface area (Å²) < 4.78 is 0. The standard InChI is InChI=1S/C16H24O2/c1-6-12(10-17)15(18)14-8-7-13(9-11(14)2)16(3,4)5/h7-9,12,17H,6,10H2,1-5H3. The van der Waals surface area contributed by atoms with Crippen LogP contribution in [0.15, 0.2) is 18.2 Å². The zero-order valence-electron chi connectivity index (χ0n) is 12.1. The van der Waals surface area contributed by atoms with Crippen LogP contribution in [0.1, 0.15) is 55.6 Å². The second kappa shape index (κ2) is 5.66. The number of hydrogen-bond donors (Lipinski definition) is 1. The molecule has 0 heterocycles. The second-order valence-corrected chi connectivity index (χ2v) is 5.93. The van der Waals surface area contributed by atoms with E-state index < -0.39 is 0 Å². The molecular formula is C16H24O2. The van der Waals surface area contributed by atoms with E-state index in [1.165, 1.54) is 5.56 Å². The van der Waals surface area contributed by atoms with Gasteiger partial charge < -0.3 is 5.11 Å². The molecule has 1 unspecified atom stereocenters. The molecule has 1 aromatic carbocycles. The molecule has 1 rings (SSSR count). The number of ketones is 1. The summed E-state index contributed by atoms with van der Waals surface area (Å²) in [6, 6.07) is 6.00. The van der Waals surface area contributed by atoms with Gasteiger partial charge in [0.1, 0.15) is 0 Å². The third-order valence-corrected chi connectivity index (χ3v) is 3.44. The van der Waals surface area contributed by atoms with Crippen molar-refractivity contribution in [3.8, 4) is 0 Å². The van der Waals surface area contributed by atoms with Gasteiger partial charge in [-0.1, -0.05) is 45.9 Å². The van der Waals surface area contributed by atoms with E-state index in [9.17, 15) is 9.90 Å². The largest absolute Gasteiger partial charge is 0.396 e. The van der Waals surface area contributed by atoms with E-state index >= 15 is 0 Å². The quantitative estimate of drug-likeness (QED) is 0.828. The van der Waals surface area contributed by atoms with Gasteiger partial charge in [0.05, 0.1) is 6.61 Å². The first-order chi connectivity index (χ1) is 8.31. The normalized spacial score (nSPS) is 13.4. The van der Waals surface area contributed by atoms with Crippen molar-refractivity contribution in [1.29, 1.82) is 0 Å². The maximum atomic E-state index is 12.2. The molecule has 0 saturated carbocycles. The first kappa shape index (κ1) is 14.9. The summed E-state index contributed by atoms with van der Waals surface area (Å²) in [5.74, 6) is -0.220. The van der Waals surface area contributed by atoms with Gasteiger partial charge in [-0.05, 0) is 29.9 Å². The fraction of sp³-hybridized carbons (Fsp3) is 0.562. The van der Waals surface area contributed by atoms with Crippen molar-refractivity contribution >= 4 is 5.78 Å². The zero-order valence-corrected chi connectivity index (χ0v) is 12.1. The number of carbonyl (C=O) groups is 1. The average molecular weight is 248 g/mol. The highest BCUT2D eigenvalue weighted by Crippen LogP contribution is 2.25. The minimum Gasteiger partial charge on any atom is -0.396 e. The molecule has 0 bridgehead atoms. The van der Waals surface area contributed by atoms with Gasteiger partial charge in [0.15, 0.2) is 5.78 Å². The highest BCUT2D eigenvalue weighted by atomic mass is 16.3. The van der Waals surface area contributed by atoms with Crippen LogP contribution in [0.2, 0.25) is 0 Å². The van der Waals surface area contributed by atoms with Crippen LogP contribution in [-0.2, 0) is 5.41 Å². The number of rotatable bonds is 4. The lowest BCUT2D eigenvalue weighted by Crippen LogP contribution is -2.19. The molecule has 100 valence electrons. The van der Waals surface area contributed by atoms with Gasteiger partial charge >= 0.3 is 0 Å². The molecule has 0 amide bonds. The summed E-state index contributed by atoms with van der Waals surface area (Å²) in [6.45, 7) is 10.3. The summed E-state index contributed by atoms with van der Waals surface area (Å²) in [5.41, 5.74) is 3.06. The number of benzene rings is 1. The van der Waals surface area contributed by atoms with Crippen LogP contribution in [0, 0.1) is 12.8 Å². The topological polar surface area (TPSA) is 37.3 Å². The average Bonchev–Trinajstić information content (AvgIpc) is 2.29. The molecule has 0 radical (unpaired) electrons. The van der Waals surface area contributed by atoms with E-state index in [4.69, 9.17) is 0 Å². The van der Waals surface area contributed by atoms with Crippen molar-refractivity contribution in [1.82, 2.24) is 0 Å². The Labute approximate surface area is 110 Å². The van der Waals surface area contributed by atoms with E-state index in [1.54, 1.807) is 0 Å². The van der Waals surface area contributed by atoms with Crippen molar-refractivity contribution < 1.29 is 9.90 Å². The van der Waals surface area contributed by atoms with Crippen LogP contribution in [0.4, 0.5) is 0 Å². The minimum absolute atomic E-state index is 0.0537. The lowest BCUT2D eigenvalue weighted by atomic mass is 9.84. The number of aryl methyl sites for hydroxylation is 1. The van der Waals surface area contributed by atoms with Crippen molar-refractivity contribution in [2.24, 2.45) is 5.92 Å². The Kier molecular flexibility index (Phi) is 4.69. The van der Waals surface area contributed by atoms with Gasteiger partial charge in [-0.3, -0.25) is 4.79 Å². The highest BCUT2D eigenvalue weighted by Gasteiger charge is 2.21. The van der Waals surface area contributed by atoms with E-state index in [-0.39, 0.29) is 23.7 Å². The van der Waals surface area contributed by atoms with Gasteiger partial charge in [-0.25, -0.2) is 0 Å². The Balaban J connectivity index is 3.10. The van der Waals surface area contributed by atoms with Crippen LogP contribution >= 0.6 is 0 Å². The molecule has 2 nitrogen and oxygen atoms in total. The Morgan fingerprint density at radius 2 is 1.94 bits per heavy atom. The van der Waals surface area contributed by atoms with Crippen molar-refractivity contribution in [3.63, 3.8) is 0 Å². The summed E-state index contributed by atoms with van der Waals surface area (Å²) in [6.07, 6.45) is 0.676. The predicted octanol–water partition coefficient (Wildman–Crippen LogP) is 3.49. The van der Waals surface area contributed by atoms with Crippen LogP contribution in [0.25, 0.3) is 0 Å². The monoisotopic (exact) mass is 248 g/mol. The van der Waals surface area contributed by atoms with Crippen LogP contribution in [0.5, 0.6) is 0 Å². The van der Waals surface area contributed by atoms with Crippen molar-refractivity contribution in [2.75, 3.05) is 6.61 Å². The number of carbonyl (C=O) groups excluding carboxylic acids is 1. The molecule has 0 saturated heterocycles. The molecule has 0 fully saturated rings. The number of hydrogen-bond acceptors (Lipinski definition) is 2. The first-order valence-corrected chi connectivity index (χ1v) is 6.57. The van der Waals surface area contributed by atoms with Crippen molar-refractivity contribution in [2.45, 2.75) is 46.5 Å². The van der Waals surface area contributed by atoms with E-state index in [0.717, 1.165) is 11.1 Å². The highest BCUT2D eigenvalue weighted by molar-refractivity contribution is 5.99. The van der Waals surface area contributed by atoms with Crippen LogP contribution < -0.4 is 0 Å². The van der Waals surface area contributed by atoms with Gasteiger partial charge in [0, 0.05) is 11.5 Å². The molecule has 0 aliphatic rings. The van der Waals surface area contributed by atoms with E-state index in [2.05, 4.69) is 26.8 Å². The SMILES string of the molecule is CCC(CO)C(=O)c1ccc(C(C)(C)C)cc1C. The molecular weight excluding hydrogens is 224 g/mol. The lowest BCUT2D eigenvalue weighted by Gasteiger charge is -2.21. The predicted molar refractivity (Wildman–Crippen MR) is 75.1 cm³/mol. The van der Waals surface area contributed by atoms with Gasteiger partial charge in [0.25, 0.3) is 0 Å². The summed E-state index contributed by atoms with van der Waals surface area (Å²) in [5, 5.41) is 9.21. The molecule has 1 N–H and O–H groups in total. The fourth-order valence-corrected chi connectivity index (χ4v) is 2.02. The third kappa shape index (κ3) is 3.20. The minimum atomic E-state index is -0.274. The Morgan fingerprint density at radius 3 is 2.33 bits per heavy atom. The Hall–Kier alpha value is -1.15. The van der Waals surface area contributed by atoms with E-state index in [1.807, 2.05) is 26.0 Å². The third-order valence-electron chi connectivity index (χ3n) is 3.44. The fourth-order valence-electron chi connectivity index (χ4n) is 2.02. The van der Waals surface area contributed by atoms with Gasteiger partial charge in [-0.15, -0.1) is 0 Å². The maximum absolute atomic E-state index is 12.2. The molecule has 0 spiro atoms. The van der Waals surface area contributed by atoms with Gasteiger partial charge in [-0.2, -0.15) is 0 Å². The number of aliphatic hydroxyl groups is 1. The zero-order chi connectivity index (χ0) is 13.9.